The Bertz CT molecular complexity index is 663. The van der Waals surface area contributed by atoms with E-state index in [1.165, 1.54) is 5.01 Å². The molecule has 21 heavy (non-hydrogen) atoms. The summed E-state index contributed by atoms with van der Waals surface area (Å²) >= 11 is 0. The summed E-state index contributed by atoms with van der Waals surface area (Å²) in [4.78, 5) is 12.1. The zero-order chi connectivity index (χ0) is 14.7. The second-order valence-corrected chi connectivity index (χ2v) is 4.72. The summed E-state index contributed by atoms with van der Waals surface area (Å²) in [6, 6.07) is 17.1. The Morgan fingerprint density at radius 1 is 1.10 bits per heavy atom. The third-order valence-electron chi connectivity index (χ3n) is 3.27. The number of benzene rings is 2. The molecule has 1 aliphatic rings. The van der Waals surface area contributed by atoms with E-state index in [1.807, 2.05) is 61.5 Å². The van der Waals surface area contributed by atoms with Gasteiger partial charge in [-0.3, -0.25) is 4.79 Å². The SMILES string of the molecule is CCOc1ccc(C2=NN(c3ccccc3)C(=O)C2)cc1. The Labute approximate surface area is 123 Å². The number of anilines is 1. The second-order valence-electron chi connectivity index (χ2n) is 4.72. The predicted molar refractivity (Wildman–Crippen MR) is 82.7 cm³/mol. The van der Waals surface area contributed by atoms with Crippen LogP contribution in [0.4, 0.5) is 5.69 Å². The molecule has 0 saturated heterocycles. The van der Waals surface area contributed by atoms with Gasteiger partial charge in [0.15, 0.2) is 0 Å². The Balaban J connectivity index is 1.85. The highest BCUT2D eigenvalue weighted by Crippen LogP contribution is 2.23. The maximum absolute atomic E-state index is 12.1. The molecule has 4 nitrogen and oxygen atoms in total. The van der Waals surface area contributed by atoms with Crippen molar-refractivity contribution in [3.8, 4) is 5.75 Å². The van der Waals surface area contributed by atoms with Crippen LogP contribution in [-0.4, -0.2) is 18.2 Å². The fourth-order valence-electron chi connectivity index (χ4n) is 2.27. The first-order valence-electron chi connectivity index (χ1n) is 6.96. The molecular weight excluding hydrogens is 264 g/mol. The van der Waals surface area contributed by atoms with Gasteiger partial charge in [0.05, 0.1) is 24.4 Å². The molecule has 0 bridgehead atoms. The molecule has 2 aromatic rings. The number of rotatable bonds is 4. The van der Waals surface area contributed by atoms with E-state index in [9.17, 15) is 4.79 Å². The molecule has 0 atom stereocenters. The Hall–Kier alpha value is -2.62. The van der Waals surface area contributed by atoms with Crippen LogP contribution >= 0.6 is 0 Å². The molecule has 3 rings (SSSR count). The van der Waals surface area contributed by atoms with Crippen LogP contribution in [0.25, 0.3) is 0 Å². The zero-order valence-corrected chi connectivity index (χ0v) is 11.8. The predicted octanol–water partition coefficient (Wildman–Crippen LogP) is 3.23. The van der Waals surface area contributed by atoms with E-state index in [2.05, 4.69) is 5.10 Å². The van der Waals surface area contributed by atoms with E-state index in [0.717, 1.165) is 22.7 Å². The zero-order valence-electron chi connectivity index (χ0n) is 11.8. The summed E-state index contributed by atoms with van der Waals surface area (Å²) in [5.41, 5.74) is 2.53. The van der Waals surface area contributed by atoms with Gasteiger partial charge in [-0.05, 0) is 48.9 Å². The second kappa shape index (κ2) is 5.79. The van der Waals surface area contributed by atoms with E-state index < -0.39 is 0 Å². The van der Waals surface area contributed by atoms with Crippen molar-refractivity contribution in [2.45, 2.75) is 13.3 Å². The molecule has 0 radical (unpaired) electrons. The minimum atomic E-state index is -0.00918. The van der Waals surface area contributed by atoms with Gasteiger partial charge in [-0.15, -0.1) is 0 Å². The monoisotopic (exact) mass is 280 g/mol. The maximum atomic E-state index is 12.1. The first kappa shape index (κ1) is 13.4. The molecule has 106 valence electrons. The highest BCUT2D eigenvalue weighted by Gasteiger charge is 2.25. The third-order valence-corrected chi connectivity index (χ3v) is 3.27. The molecule has 0 unspecified atom stereocenters. The van der Waals surface area contributed by atoms with Crippen molar-refractivity contribution < 1.29 is 9.53 Å². The molecule has 1 heterocycles. The molecule has 0 N–H and O–H groups in total. The van der Waals surface area contributed by atoms with Crippen molar-refractivity contribution in [3.05, 3.63) is 60.2 Å². The number of para-hydroxylation sites is 1. The average Bonchev–Trinajstić information content (AvgIpc) is 2.91. The minimum Gasteiger partial charge on any atom is -0.494 e. The summed E-state index contributed by atoms with van der Waals surface area (Å²) in [6.45, 7) is 2.59. The van der Waals surface area contributed by atoms with Crippen molar-refractivity contribution in [2.75, 3.05) is 11.6 Å². The number of hydrogen-bond acceptors (Lipinski definition) is 3. The van der Waals surface area contributed by atoms with Crippen LogP contribution in [0.3, 0.4) is 0 Å². The molecule has 4 heteroatoms. The Kier molecular flexibility index (Phi) is 3.69. The third kappa shape index (κ3) is 2.79. The molecule has 2 aromatic carbocycles. The summed E-state index contributed by atoms with van der Waals surface area (Å²) < 4.78 is 5.42. The van der Waals surface area contributed by atoms with Crippen molar-refractivity contribution in [1.82, 2.24) is 0 Å². The van der Waals surface area contributed by atoms with E-state index in [1.54, 1.807) is 0 Å². The standard InChI is InChI=1S/C17H16N2O2/c1-2-21-15-10-8-13(9-11-15)16-12-17(20)19(18-16)14-6-4-3-5-7-14/h3-11H,2,12H2,1H3. The van der Waals surface area contributed by atoms with Gasteiger partial charge in [0.25, 0.3) is 5.91 Å². The van der Waals surface area contributed by atoms with Gasteiger partial charge in [-0.25, -0.2) is 5.01 Å². The van der Waals surface area contributed by atoms with Gasteiger partial charge < -0.3 is 4.74 Å². The van der Waals surface area contributed by atoms with Crippen LogP contribution in [0, 0.1) is 0 Å². The number of amides is 1. The van der Waals surface area contributed by atoms with Crippen molar-refractivity contribution in [1.29, 1.82) is 0 Å². The van der Waals surface area contributed by atoms with E-state index >= 15 is 0 Å². The summed E-state index contributed by atoms with van der Waals surface area (Å²) in [7, 11) is 0. The van der Waals surface area contributed by atoms with Crippen molar-refractivity contribution in [3.63, 3.8) is 0 Å². The lowest BCUT2D eigenvalue weighted by molar-refractivity contribution is -0.116. The topological polar surface area (TPSA) is 41.9 Å². The molecule has 0 aromatic heterocycles. The molecule has 0 spiro atoms. The van der Waals surface area contributed by atoms with Crippen LogP contribution < -0.4 is 9.75 Å². The molecule has 1 amide bonds. The largest absolute Gasteiger partial charge is 0.494 e. The van der Waals surface area contributed by atoms with Crippen molar-refractivity contribution >= 4 is 17.3 Å². The van der Waals surface area contributed by atoms with Gasteiger partial charge in [0.2, 0.25) is 0 Å². The van der Waals surface area contributed by atoms with Gasteiger partial charge in [-0.2, -0.15) is 5.10 Å². The van der Waals surface area contributed by atoms with Gasteiger partial charge >= 0.3 is 0 Å². The van der Waals surface area contributed by atoms with Gasteiger partial charge in [0, 0.05) is 0 Å². The van der Waals surface area contributed by atoms with E-state index in [0.29, 0.717) is 13.0 Å². The summed E-state index contributed by atoms with van der Waals surface area (Å²) in [5, 5.41) is 5.91. The normalized spacial score (nSPS) is 14.2. The molecule has 0 fully saturated rings. The van der Waals surface area contributed by atoms with Crippen LogP contribution in [0.5, 0.6) is 5.75 Å². The number of carbonyl (C=O) groups excluding carboxylic acids is 1. The molecule has 0 saturated carbocycles. The number of hydrogen-bond donors (Lipinski definition) is 0. The van der Waals surface area contributed by atoms with Gasteiger partial charge in [0.1, 0.15) is 5.75 Å². The minimum absolute atomic E-state index is 0.00918. The highest BCUT2D eigenvalue weighted by molar-refractivity contribution is 6.19. The smallest absolute Gasteiger partial charge is 0.253 e. The quantitative estimate of drug-likeness (QED) is 0.863. The lowest BCUT2D eigenvalue weighted by Gasteiger charge is -2.10. The Morgan fingerprint density at radius 3 is 2.48 bits per heavy atom. The molecule has 0 aliphatic carbocycles. The van der Waals surface area contributed by atoms with E-state index in [-0.39, 0.29) is 5.91 Å². The molecule has 1 aliphatic heterocycles. The highest BCUT2D eigenvalue weighted by atomic mass is 16.5. The number of nitrogens with zero attached hydrogens (tertiary/aromatic N) is 2. The van der Waals surface area contributed by atoms with Crippen LogP contribution in [0.2, 0.25) is 0 Å². The lowest BCUT2D eigenvalue weighted by Crippen LogP contribution is -2.19. The Morgan fingerprint density at radius 2 is 1.81 bits per heavy atom. The maximum Gasteiger partial charge on any atom is 0.253 e. The first-order chi connectivity index (χ1) is 10.3. The van der Waals surface area contributed by atoms with Crippen LogP contribution in [0.15, 0.2) is 59.7 Å². The van der Waals surface area contributed by atoms with Gasteiger partial charge in [-0.1, -0.05) is 18.2 Å². The number of hydrazone groups is 1. The number of ether oxygens (including phenoxy) is 1. The summed E-state index contributed by atoms with van der Waals surface area (Å²) in [6.07, 6.45) is 0.322. The number of carbonyl (C=O) groups is 1. The fraction of sp³-hybridized carbons (Fsp3) is 0.176. The lowest BCUT2D eigenvalue weighted by atomic mass is 10.1. The van der Waals surface area contributed by atoms with Crippen LogP contribution in [-0.2, 0) is 4.79 Å². The van der Waals surface area contributed by atoms with Crippen molar-refractivity contribution in [2.24, 2.45) is 5.10 Å². The average molecular weight is 280 g/mol. The summed E-state index contributed by atoms with van der Waals surface area (Å²) in [5.74, 6) is 0.816. The molecular formula is C17H16N2O2. The first-order valence-corrected chi connectivity index (χ1v) is 6.96. The fourth-order valence-corrected chi connectivity index (χ4v) is 2.27. The van der Waals surface area contributed by atoms with E-state index in [4.69, 9.17) is 4.74 Å². The van der Waals surface area contributed by atoms with Crippen LogP contribution in [0.1, 0.15) is 18.9 Å².